The van der Waals surface area contributed by atoms with Gasteiger partial charge in [0.1, 0.15) is 0 Å². The minimum atomic E-state index is -0.129. The molecule has 0 amide bonds. The van der Waals surface area contributed by atoms with E-state index in [1.54, 1.807) is 0 Å². The average molecular weight is 728 g/mol. The molecule has 0 N–H and O–H groups in total. The van der Waals surface area contributed by atoms with Gasteiger partial charge in [-0.3, -0.25) is 0 Å². The Morgan fingerprint density at radius 2 is 0.825 bits per heavy atom. The molecular weight excluding hydrogens is 691 g/mol. The zero-order valence-electron chi connectivity index (χ0n) is 31.7. The smallest absolute Gasteiger partial charge is 0.164 e. The Morgan fingerprint density at radius 3 is 1.54 bits per heavy atom. The molecule has 3 nitrogen and oxygen atoms in total. The first-order chi connectivity index (χ1) is 28.0. The topological polar surface area (TPSA) is 38.7 Å². The molecule has 0 unspecified atom stereocenters. The summed E-state index contributed by atoms with van der Waals surface area (Å²) >= 11 is 0. The van der Waals surface area contributed by atoms with E-state index in [-0.39, 0.29) is 5.41 Å². The molecule has 1 aliphatic carbocycles. The first-order valence-electron chi connectivity index (χ1n) is 19.6. The van der Waals surface area contributed by atoms with Crippen molar-refractivity contribution in [2.24, 2.45) is 0 Å². The number of rotatable bonds is 5. The van der Waals surface area contributed by atoms with Crippen molar-refractivity contribution in [3.8, 4) is 67.5 Å². The standard InChI is InChI=1S/C54H37N3/c1-54(2)46-24-14-13-21-41(46)42-31-30-39(33-47(42)54)53-56-51(37-18-7-4-8-19-37)55-52(57-53)38-27-25-36(26-28-38)48-43-22-11-12-23-44(43)49(35-16-5-3-6-17-35)50-40-20-10-9-15-34(40)29-32-45(48)50/h3-33H,1-2H3. The van der Waals surface area contributed by atoms with Crippen LogP contribution < -0.4 is 0 Å². The Hall–Kier alpha value is -7.23. The van der Waals surface area contributed by atoms with Gasteiger partial charge >= 0.3 is 0 Å². The van der Waals surface area contributed by atoms with Crippen LogP contribution >= 0.6 is 0 Å². The van der Waals surface area contributed by atoms with Gasteiger partial charge in [-0.15, -0.1) is 0 Å². The summed E-state index contributed by atoms with van der Waals surface area (Å²) in [6.07, 6.45) is 0. The largest absolute Gasteiger partial charge is 0.208 e. The van der Waals surface area contributed by atoms with Gasteiger partial charge in [0, 0.05) is 22.1 Å². The van der Waals surface area contributed by atoms with Crippen LogP contribution in [0, 0.1) is 0 Å². The zero-order chi connectivity index (χ0) is 38.1. The van der Waals surface area contributed by atoms with Crippen molar-refractivity contribution >= 4 is 32.3 Å². The molecule has 268 valence electrons. The molecule has 3 heteroatoms. The molecule has 0 spiro atoms. The fourth-order valence-electron chi connectivity index (χ4n) is 9.14. The minimum Gasteiger partial charge on any atom is -0.208 e. The lowest BCUT2D eigenvalue weighted by Gasteiger charge is -2.21. The van der Waals surface area contributed by atoms with Gasteiger partial charge in [0.05, 0.1) is 0 Å². The Bertz CT molecular complexity index is 3180. The van der Waals surface area contributed by atoms with Crippen LogP contribution in [0.2, 0.25) is 0 Å². The summed E-state index contributed by atoms with van der Waals surface area (Å²) in [5.41, 5.74) is 12.8. The van der Waals surface area contributed by atoms with E-state index >= 15 is 0 Å². The molecule has 10 aromatic rings. The van der Waals surface area contributed by atoms with E-state index in [4.69, 9.17) is 15.0 Å². The molecule has 0 fully saturated rings. The van der Waals surface area contributed by atoms with Crippen LogP contribution in [0.25, 0.3) is 99.9 Å². The molecule has 1 aliphatic rings. The normalized spacial score (nSPS) is 12.9. The van der Waals surface area contributed by atoms with Gasteiger partial charge in [-0.1, -0.05) is 196 Å². The highest BCUT2D eigenvalue weighted by molar-refractivity contribution is 6.27. The lowest BCUT2D eigenvalue weighted by atomic mass is 9.82. The summed E-state index contributed by atoms with van der Waals surface area (Å²) < 4.78 is 0. The zero-order valence-corrected chi connectivity index (χ0v) is 31.7. The Kier molecular flexibility index (Phi) is 7.52. The monoisotopic (exact) mass is 727 g/mol. The van der Waals surface area contributed by atoms with Gasteiger partial charge in [0.2, 0.25) is 0 Å². The number of hydrogen-bond acceptors (Lipinski definition) is 3. The molecule has 1 aromatic heterocycles. The first-order valence-corrected chi connectivity index (χ1v) is 19.6. The van der Waals surface area contributed by atoms with Crippen molar-refractivity contribution in [3.63, 3.8) is 0 Å². The molecule has 0 saturated carbocycles. The lowest BCUT2D eigenvalue weighted by Crippen LogP contribution is -2.15. The van der Waals surface area contributed by atoms with E-state index in [9.17, 15) is 0 Å². The molecule has 0 atom stereocenters. The Morgan fingerprint density at radius 1 is 0.333 bits per heavy atom. The van der Waals surface area contributed by atoms with Crippen LogP contribution in [0.15, 0.2) is 188 Å². The SMILES string of the molecule is CC1(C)c2ccccc2-c2ccc(-c3nc(-c4ccccc4)nc(-c4ccc(-c5c6ccccc6c(-c6ccccc6)c6c5ccc5ccccc56)cc4)n3)cc21. The van der Waals surface area contributed by atoms with E-state index in [0.29, 0.717) is 17.5 Å². The van der Waals surface area contributed by atoms with E-state index < -0.39 is 0 Å². The lowest BCUT2D eigenvalue weighted by molar-refractivity contribution is 0.660. The predicted molar refractivity (Wildman–Crippen MR) is 237 cm³/mol. The quantitative estimate of drug-likeness (QED) is 0.131. The predicted octanol–water partition coefficient (Wildman–Crippen LogP) is 14.0. The number of benzene rings is 9. The van der Waals surface area contributed by atoms with Crippen molar-refractivity contribution in [1.29, 1.82) is 0 Å². The molecule has 0 saturated heterocycles. The van der Waals surface area contributed by atoms with Crippen molar-refractivity contribution < 1.29 is 0 Å². The van der Waals surface area contributed by atoms with E-state index in [1.807, 2.05) is 18.2 Å². The highest BCUT2D eigenvalue weighted by atomic mass is 15.0. The summed E-state index contributed by atoms with van der Waals surface area (Å²) in [5, 5.41) is 7.45. The second-order valence-electron chi connectivity index (χ2n) is 15.6. The number of nitrogens with zero attached hydrogens (tertiary/aromatic N) is 3. The van der Waals surface area contributed by atoms with Gasteiger partial charge in [-0.2, -0.15) is 0 Å². The van der Waals surface area contributed by atoms with Gasteiger partial charge in [-0.05, 0) is 82.9 Å². The van der Waals surface area contributed by atoms with Crippen LogP contribution in [0.3, 0.4) is 0 Å². The fraction of sp³-hybridized carbons (Fsp3) is 0.0556. The fourth-order valence-corrected chi connectivity index (χ4v) is 9.14. The Labute approximate surface area is 332 Å². The Balaban J connectivity index is 1.08. The van der Waals surface area contributed by atoms with Crippen molar-refractivity contribution in [3.05, 3.63) is 199 Å². The van der Waals surface area contributed by atoms with E-state index in [1.165, 1.54) is 71.3 Å². The van der Waals surface area contributed by atoms with Crippen LogP contribution in [0.4, 0.5) is 0 Å². The maximum atomic E-state index is 5.18. The average Bonchev–Trinajstić information content (AvgIpc) is 3.51. The van der Waals surface area contributed by atoms with Gasteiger partial charge in [-0.25, -0.2) is 15.0 Å². The molecule has 11 rings (SSSR count). The summed E-state index contributed by atoms with van der Waals surface area (Å²) in [6.45, 7) is 4.61. The third kappa shape index (κ3) is 5.31. The third-order valence-corrected chi connectivity index (χ3v) is 11.9. The highest BCUT2D eigenvalue weighted by Gasteiger charge is 2.35. The maximum absolute atomic E-state index is 5.18. The minimum absolute atomic E-state index is 0.129. The summed E-state index contributed by atoms with van der Waals surface area (Å²) in [5.74, 6) is 1.97. The molecule has 0 aliphatic heterocycles. The van der Waals surface area contributed by atoms with Gasteiger partial charge < -0.3 is 0 Å². The maximum Gasteiger partial charge on any atom is 0.164 e. The molecule has 1 heterocycles. The van der Waals surface area contributed by atoms with E-state index in [0.717, 1.165) is 22.3 Å². The second-order valence-corrected chi connectivity index (χ2v) is 15.6. The van der Waals surface area contributed by atoms with Crippen molar-refractivity contribution in [2.75, 3.05) is 0 Å². The number of aromatic nitrogens is 3. The van der Waals surface area contributed by atoms with Crippen LogP contribution in [0.1, 0.15) is 25.0 Å². The van der Waals surface area contributed by atoms with Gasteiger partial charge in [0.25, 0.3) is 0 Å². The van der Waals surface area contributed by atoms with Crippen LogP contribution in [0.5, 0.6) is 0 Å². The third-order valence-electron chi connectivity index (χ3n) is 11.9. The number of hydrogen-bond donors (Lipinski definition) is 0. The first kappa shape index (κ1) is 33.1. The summed E-state index contributed by atoms with van der Waals surface area (Å²) in [6, 6.07) is 67.4. The molecule has 9 aromatic carbocycles. The number of fused-ring (bicyclic) bond motifs is 7. The molecule has 57 heavy (non-hydrogen) atoms. The van der Waals surface area contributed by atoms with Crippen molar-refractivity contribution in [2.45, 2.75) is 19.3 Å². The van der Waals surface area contributed by atoms with Crippen molar-refractivity contribution in [1.82, 2.24) is 15.0 Å². The molecule has 0 bridgehead atoms. The molecular formula is C54H37N3. The van der Waals surface area contributed by atoms with Crippen LogP contribution in [-0.2, 0) is 5.41 Å². The van der Waals surface area contributed by atoms with E-state index in [2.05, 4.69) is 184 Å². The van der Waals surface area contributed by atoms with Gasteiger partial charge in [0.15, 0.2) is 17.5 Å². The van der Waals surface area contributed by atoms with Crippen LogP contribution in [-0.4, -0.2) is 15.0 Å². The second kappa shape index (κ2) is 12.9. The highest BCUT2D eigenvalue weighted by Crippen LogP contribution is 2.50. The summed E-state index contributed by atoms with van der Waals surface area (Å²) in [7, 11) is 0. The summed E-state index contributed by atoms with van der Waals surface area (Å²) in [4.78, 5) is 15.4. The molecule has 0 radical (unpaired) electrons.